The number of nitriles is 1. The number of nitrogens with zero attached hydrogens (tertiary/aromatic N) is 2. The Morgan fingerprint density at radius 1 is 1.29 bits per heavy atom. The van der Waals surface area contributed by atoms with Crippen LogP contribution in [0.3, 0.4) is 0 Å². The average Bonchev–Trinajstić information content (AvgIpc) is 2.40. The molecule has 3 heteroatoms. The molecule has 17 heavy (non-hydrogen) atoms. The molecule has 0 bridgehead atoms. The van der Waals surface area contributed by atoms with Gasteiger partial charge in [-0.15, -0.1) is 0 Å². The van der Waals surface area contributed by atoms with Crippen LogP contribution in [-0.2, 0) is 0 Å². The molecule has 0 fully saturated rings. The van der Waals surface area contributed by atoms with Gasteiger partial charge in [0.25, 0.3) is 0 Å². The van der Waals surface area contributed by atoms with Crippen LogP contribution < -0.4 is 4.74 Å². The molecule has 2 rings (SSSR count). The van der Waals surface area contributed by atoms with Crippen LogP contribution >= 0.6 is 0 Å². The summed E-state index contributed by atoms with van der Waals surface area (Å²) in [6.07, 6.45) is 1.64. The van der Waals surface area contributed by atoms with E-state index in [-0.39, 0.29) is 0 Å². The molecule has 0 aliphatic carbocycles. The van der Waals surface area contributed by atoms with E-state index in [9.17, 15) is 0 Å². The van der Waals surface area contributed by atoms with Crippen LogP contribution in [0.1, 0.15) is 12.5 Å². The molecule has 84 valence electrons. The zero-order chi connectivity index (χ0) is 12.1. The first-order valence-electron chi connectivity index (χ1n) is 5.43. The summed E-state index contributed by atoms with van der Waals surface area (Å²) in [5.74, 6) is 0.789. The Kier molecular flexibility index (Phi) is 3.37. The topological polar surface area (TPSA) is 45.9 Å². The van der Waals surface area contributed by atoms with Crippen LogP contribution in [0.5, 0.6) is 5.75 Å². The number of para-hydroxylation sites is 1. The van der Waals surface area contributed by atoms with Crippen molar-refractivity contribution in [3.05, 3.63) is 48.2 Å². The minimum Gasteiger partial charge on any atom is -0.493 e. The van der Waals surface area contributed by atoms with Gasteiger partial charge < -0.3 is 4.74 Å². The van der Waals surface area contributed by atoms with Gasteiger partial charge >= 0.3 is 0 Å². The van der Waals surface area contributed by atoms with Gasteiger partial charge in [-0.1, -0.05) is 12.1 Å². The van der Waals surface area contributed by atoms with E-state index in [1.807, 2.05) is 31.2 Å². The van der Waals surface area contributed by atoms with Gasteiger partial charge in [0.05, 0.1) is 23.9 Å². The van der Waals surface area contributed by atoms with Crippen molar-refractivity contribution in [1.29, 1.82) is 5.26 Å². The molecule has 0 amide bonds. The van der Waals surface area contributed by atoms with Gasteiger partial charge in [0.2, 0.25) is 0 Å². The average molecular weight is 224 g/mol. The number of benzene rings is 1. The minimum atomic E-state index is 0.598. The van der Waals surface area contributed by atoms with Crippen LogP contribution in [0.25, 0.3) is 11.3 Å². The lowest BCUT2D eigenvalue weighted by atomic mass is 10.1. The number of rotatable bonds is 3. The second-order valence-electron chi connectivity index (χ2n) is 3.47. The molecular weight excluding hydrogens is 212 g/mol. The SMILES string of the molecule is CCOc1ccccc1-c1cc(C#N)ccn1. The van der Waals surface area contributed by atoms with E-state index in [2.05, 4.69) is 11.1 Å². The van der Waals surface area contributed by atoms with Gasteiger partial charge in [0.15, 0.2) is 0 Å². The molecule has 0 N–H and O–H groups in total. The fraction of sp³-hybridized carbons (Fsp3) is 0.143. The van der Waals surface area contributed by atoms with Crippen molar-refractivity contribution in [3.63, 3.8) is 0 Å². The third-order valence-corrected chi connectivity index (χ3v) is 2.35. The van der Waals surface area contributed by atoms with E-state index < -0.39 is 0 Å². The Morgan fingerprint density at radius 2 is 2.12 bits per heavy atom. The number of hydrogen-bond acceptors (Lipinski definition) is 3. The maximum absolute atomic E-state index is 8.87. The van der Waals surface area contributed by atoms with Crippen molar-refractivity contribution < 1.29 is 4.74 Å². The molecule has 3 nitrogen and oxygen atoms in total. The Bertz CT molecular complexity index is 558. The fourth-order valence-corrected chi connectivity index (χ4v) is 1.61. The molecule has 0 saturated carbocycles. The van der Waals surface area contributed by atoms with E-state index in [0.717, 1.165) is 17.0 Å². The normalized spacial score (nSPS) is 9.65. The summed E-state index contributed by atoms with van der Waals surface area (Å²) in [7, 11) is 0. The van der Waals surface area contributed by atoms with Gasteiger partial charge in [-0.25, -0.2) is 0 Å². The third-order valence-electron chi connectivity index (χ3n) is 2.35. The summed E-state index contributed by atoms with van der Waals surface area (Å²) < 4.78 is 5.54. The van der Waals surface area contributed by atoms with Crippen LogP contribution in [0.4, 0.5) is 0 Å². The molecule has 0 saturated heterocycles. The van der Waals surface area contributed by atoms with Gasteiger partial charge in [0, 0.05) is 11.8 Å². The lowest BCUT2D eigenvalue weighted by molar-refractivity contribution is 0.341. The molecule has 1 aromatic carbocycles. The predicted octanol–water partition coefficient (Wildman–Crippen LogP) is 3.02. The molecule has 0 aliphatic heterocycles. The lowest BCUT2D eigenvalue weighted by Gasteiger charge is -2.09. The Balaban J connectivity index is 2.48. The highest BCUT2D eigenvalue weighted by atomic mass is 16.5. The molecular formula is C14H12N2O. The van der Waals surface area contributed by atoms with Crippen molar-refractivity contribution in [3.8, 4) is 23.1 Å². The number of pyridine rings is 1. The molecule has 1 heterocycles. The first-order chi connectivity index (χ1) is 8.35. The molecule has 0 spiro atoms. The van der Waals surface area contributed by atoms with E-state index in [1.165, 1.54) is 0 Å². The summed E-state index contributed by atoms with van der Waals surface area (Å²) in [5, 5.41) is 8.87. The predicted molar refractivity (Wildman–Crippen MR) is 65.6 cm³/mol. The van der Waals surface area contributed by atoms with Crippen LogP contribution in [0.15, 0.2) is 42.6 Å². The number of aromatic nitrogens is 1. The third kappa shape index (κ3) is 2.43. The van der Waals surface area contributed by atoms with Crippen molar-refractivity contribution >= 4 is 0 Å². The quantitative estimate of drug-likeness (QED) is 0.805. The second kappa shape index (κ2) is 5.13. The zero-order valence-corrected chi connectivity index (χ0v) is 9.55. The number of ether oxygens (including phenoxy) is 1. The second-order valence-corrected chi connectivity index (χ2v) is 3.47. The van der Waals surface area contributed by atoms with Gasteiger partial charge in [0.1, 0.15) is 5.75 Å². The Hall–Kier alpha value is -2.34. The van der Waals surface area contributed by atoms with Gasteiger partial charge in [-0.2, -0.15) is 5.26 Å². The van der Waals surface area contributed by atoms with E-state index in [0.29, 0.717) is 12.2 Å². The van der Waals surface area contributed by atoms with Crippen molar-refractivity contribution in [2.24, 2.45) is 0 Å². The van der Waals surface area contributed by atoms with Gasteiger partial charge in [-0.05, 0) is 31.2 Å². The molecule has 1 aromatic heterocycles. The van der Waals surface area contributed by atoms with Crippen molar-refractivity contribution in [2.45, 2.75) is 6.92 Å². The molecule has 0 unspecified atom stereocenters. The number of hydrogen-bond donors (Lipinski definition) is 0. The molecule has 2 aromatic rings. The standard InChI is InChI=1S/C14H12N2O/c1-2-17-14-6-4-3-5-12(14)13-9-11(10-15)7-8-16-13/h3-9H,2H2,1H3. The van der Waals surface area contributed by atoms with Crippen LogP contribution in [-0.4, -0.2) is 11.6 Å². The largest absolute Gasteiger partial charge is 0.493 e. The van der Waals surface area contributed by atoms with Gasteiger partial charge in [-0.3, -0.25) is 4.98 Å². The smallest absolute Gasteiger partial charge is 0.128 e. The molecule has 0 atom stereocenters. The van der Waals surface area contributed by atoms with Crippen LogP contribution in [0, 0.1) is 11.3 Å². The Morgan fingerprint density at radius 3 is 2.88 bits per heavy atom. The van der Waals surface area contributed by atoms with E-state index in [4.69, 9.17) is 10.00 Å². The first-order valence-corrected chi connectivity index (χ1v) is 5.43. The summed E-state index contributed by atoms with van der Waals surface area (Å²) in [5.41, 5.74) is 2.26. The summed E-state index contributed by atoms with van der Waals surface area (Å²) in [6, 6.07) is 13.2. The highest BCUT2D eigenvalue weighted by Gasteiger charge is 2.06. The van der Waals surface area contributed by atoms with Crippen molar-refractivity contribution in [2.75, 3.05) is 6.61 Å². The first kappa shape index (κ1) is 11.2. The molecule has 0 aliphatic rings. The van der Waals surface area contributed by atoms with Crippen molar-refractivity contribution in [1.82, 2.24) is 4.98 Å². The minimum absolute atomic E-state index is 0.598. The summed E-state index contributed by atoms with van der Waals surface area (Å²) >= 11 is 0. The summed E-state index contributed by atoms with van der Waals surface area (Å²) in [4.78, 5) is 4.27. The maximum atomic E-state index is 8.87. The lowest BCUT2D eigenvalue weighted by Crippen LogP contribution is -1.95. The Labute approximate surface area is 100 Å². The van der Waals surface area contributed by atoms with E-state index in [1.54, 1.807) is 18.3 Å². The zero-order valence-electron chi connectivity index (χ0n) is 9.55. The maximum Gasteiger partial charge on any atom is 0.128 e. The van der Waals surface area contributed by atoms with Crippen LogP contribution in [0.2, 0.25) is 0 Å². The molecule has 0 radical (unpaired) electrons. The fourth-order valence-electron chi connectivity index (χ4n) is 1.61. The summed E-state index contributed by atoms with van der Waals surface area (Å²) in [6.45, 7) is 2.55. The monoisotopic (exact) mass is 224 g/mol. The highest BCUT2D eigenvalue weighted by Crippen LogP contribution is 2.28. The van der Waals surface area contributed by atoms with E-state index >= 15 is 0 Å². The highest BCUT2D eigenvalue weighted by molar-refractivity contribution is 5.68.